The van der Waals surface area contributed by atoms with Gasteiger partial charge in [0.15, 0.2) is 0 Å². The molecule has 0 radical (unpaired) electrons. The second-order valence-corrected chi connectivity index (χ2v) is 12.3. The molecule has 0 aliphatic carbocycles. The van der Waals surface area contributed by atoms with E-state index in [1.165, 1.54) is 4.90 Å². The van der Waals surface area contributed by atoms with E-state index in [0.29, 0.717) is 28.9 Å². The van der Waals surface area contributed by atoms with Crippen LogP contribution in [0.3, 0.4) is 0 Å². The molecule has 226 valence electrons. The Morgan fingerprint density at radius 3 is 2.24 bits per heavy atom. The summed E-state index contributed by atoms with van der Waals surface area (Å²) in [5.74, 6) is -1.20. The van der Waals surface area contributed by atoms with Gasteiger partial charge < -0.3 is 10.2 Å². The first-order chi connectivity index (χ1) is 19.7. The summed E-state index contributed by atoms with van der Waals surface area (Å²) < 4.78 is 67.0. The molecule has 0 bridgehead atoms. The highest BCUT2D eigenvalue weighted by Gasteiger charge is 2.36. The maximum absolute atomic E-state index is 14.0. The van der Waals surface area contributed by atoms with E-state index in [0.717, 1.165) is 29.5 Å². The van der Waals surface area contributed by atoms with E-state index in [4.69, 9.17) is 11.6 Å². The van der Waals surface area contributed by atoms with E-state index in [2.05, 4.69) is 5.32 Å². The second-order valence-electron chi connectivity index (χ2n) is 9.94. The summed E-state index contributed by atoms with van der Waals surface area (Å²) in [4.78, 5) is 28.8. The molecule has 3 aromatic rings. The lowest BCUT2D eigenvalue weighted by Gasteiger charge is -2.33. The maximum Gasteiger partial charge on any atom is 0.417 e. The molecule has 1 atom stereocenters. The van der Waals surface area contributed by atoms with Gasteiger partial charge in [-0.15, -0.1) is 0 Å². The van der Waals surface area contributed by atoms with Crippen molar-refractivity contribution in [3.8, 4) is 0 Å². The fraction of sp³-hybridized carbons (Fsp3) is 0.333. The van der Waals surface area contributed by atoms with Gasteiger partial charge in [0, 0.05) is 19.5 Å². The van der Waals surface area contributed by atoms with E-state index in [9.17, 15) is 31.2 Å². The molecule has 7 nitrogen and oxygen atoms in total. The average Bonchev–Trinajstić information content (AvgIpc) is 2.92. The summed E-state index contributed by atoms with van der Waals surface area (Å²) in [5.41, 5.74) is 0.757. The van der Waals surface area contributed by atoms with Crippen LogP contribution in [0.2, 0.25) is 5.02 Å². The Bertz CT molecular complexity index is 1500. The molecular weight excluding hydrogens is 591 g/mol. The molecule has 0 spiro atoms. The van der Waals surface area contributed by atoms with Gasteiger partial charge in [-0.05, 0) is 42.7 Å². The minimum absolute atomic E-state index is 0.0381. The van der Waals surface area contributed by atoms with Crippen LogP contribution in [0.4, 0.5) is 18.9 Å². The summed E-state index contributed by atoms with van der Waals surface area (Å²) >= 11 is 5.75. The maximum atomic E-state index is 14.0. The van der Waals surface area contributed by atoms with Crippen molar-refractivity contribution >= 4 is 39.1 Å². The van der Waals surface area contributed by atoms with Crippen LogP contribution in [0.1, 0.15) is 35.6 Å². The zero-order chi connectivity index (χ0) is 31.1. The van der Waals surface area contributed by atoms with Crippen molar-refractivity contribution in [1.82, 2.24) is 10.2 Å². The van der Waals surface area contributed by atoms with Crippen LogP contribution in [0.25, 0.3) is 0 Å². The SMILES string of the molecule is CCCNC(=O)C(Cc1ccccc1)N(Cc1cccc(C)c1)C(=O)CN(c1ccc(Cl)c(C(F)(F)F)c1)S(C)(=O)=O. The molecule has 0 fully saturated rings. The number of sulfonamides is 1. The van der Waals surface area contributed by atoms with Gasteiger partial charge in [0.05, 0.1) is 22.5 Å². The van der Waals surface area contributed by atoms with Crippen LogP contribution in [-0.2, 0) is 38.8 Å². The quantitative estimate of drug-likeness (QED) is 0.285. The van der Waals surface area contributed by atoms with Crippen LogP contribution in [0.5, 0.6) is 0 Å². The summed E-state index contributed by atoms with van der Waals surface area (Å²) in [6.07, 6.45) is -3.28. The standard InChI is InChI=1S/C30H33ClF3N3O4S/c1-4-15-35-29(39)27(17-22-10-6-5-7-11-22)36(19-23-12-8-9-21(2)16-23)28(38)20-37(42(3,40)41)24-13-14-26(31)25(18-24)30(32,33)34/h5-14,16,18,27H,4,15,17,19-20H2,1-3H3,(H,35,39). The third-order valence-electron chi connectivity index (χ3n) is 6.48. The Morgan fingerprint density at radius 1 is 0.976 bits per heavy atom. The first-order valence-electron chi connectivity index (χ1n) is 13.2. The Labute approximate surface area is 249 Å². The Morgan fingerprint density at radius 2 is 1.64 bits per heavy atom. The molecule has 0 aromatic heterocycles. The zero-order valence-electron chi connectivity index (χ0n) is 23.5. The predicted octanol–water partition coefficient (Wildman–Crippen LogP) is 5.60. The number of benzene rings is 3. The molecule has 0 aliphatic rings. The number of hydrogen-bond acceptors (Lipinski definition) is 4. The number of nitrogens with zero attached hydrogens (tertiary/aromatic N) is 2. The normalized spacial score (nSPS) is 12.5. The molecule has 0 aliphatic heterocycles. The lowest BCUT2D eigenvalue weighted by molar-refractivity contribution is -0.140. The fourth-order valence-corrected chi connectivity index (χ4v) is 5.49. The molecule has 1 unspecified atom stereocenters. The molecule has 0 saturated heterocycles. The van der Waals surface area contributed by atoms with Crippen molar-refractivity contribution in [3.63, 3.8) is 0 Å². The van der Waals surface area contributed by atoms with Gasteiger partial charge in [-0.25, -0.2) is 8.42 Å². The predicted molar refractivity (Wildman–Crippen MR) is 158 cm³/mol. The number of aryl methyl sites for hydroxylation is 1. The number of carbonyl (C=O) groups excluding carboxylic acids is 2. The number of carbonyl (C=O) groups is 2. The highest BCUT2D eigenvalue weighted by Crippen LogP contribution is 2.37. The average molecular weight is 624 g/mol. The number of amides is 2. The fourth-order valence-electron chi connectivity index (χ4n) is 4.43. The lowest BCUT2D eigenvalue weighted by atomic mass is 10.0. The first kappa shape index (κ1) is 32.9. The topological polar surface area (TPSA) is 86.8 Å². The highest BCUT2D eigenvalue weighted by atomic mass is 35.5. The van der Waals surface area contributed by atoms with E-state index in [1.807, 2.05) is 44.2 Å². The van der Waals surface area contributed by atoms with Gasteiger partial charge >= 0.3 is 6.18 Å². The molecule has 12 heteroatoms. The van der Waals surface area contributed by atoms with Gasteiger partial charge in [0.1, 0.15) is 12.6 Å². The van der Waals surface area contributed by atoms with Gasteiger partial charge in [0.2, 0.25) is 21.8 Å². The van der Waals surface area contributed by atoms with Crippen molar-refractivity contribution in [3.05, 3.63) is 100 Å². The Hall–Kier alpha value is -3.57. The minimum Gasteiger partial charge on any atom is -0.354 e. The molecule has 0 heterocycles. The number of hydrogen-bond donors (Lipinski definition) is 1. The summed E-state index contributed by atoms with van der Waals surface area (Å²) in [6.45, 7) is 3.24. The monoisotopic (exact) mass is 623 g/mol. The van der Waals surface area contributed by atoms with Crippen LogP contribution >= 0.6 is 11.6 Å². The first-order valence-corrected chi connectivity index (χ1v) is 15.4. The van der Waals surface area contributed by atoms with Gasteiger partial charge in [-0.3, -0.25) is 13.9 Å². The summed E-state index contributed by atoms with van der Waals surface area (Å²) in [7, 11) is -4.25. The molecule has 0 saturated carbocycles. The minimum atomic E-state index is -4.85. The highest BCUT2D eigenvalue weighted by molar-refractivity contribution is 7.92. The second kappa shape index (κ2) is 14.1. The van der Waals surface area contributed by atoms with Crippen molar-refractivity contribution in [2.24, 2.45) is 0 Å². The Balaban J connectivity index is 2.09. The van der Waals surface area contributed by atoms with Crippen molar-refractivity contribution in [2.45, 2.75) is 45.5 Å². The van der Waals surface area contributed by atoms with E-state index in [-0.39, 0.29) is 18.7 Å². The molecule has 2 amide bonds. The third kappa shape index (κ3) is 8.96. The van der Waals surface area contributed by atoms with E-state index in [1.54, 1.807) is 24.3 Å². The summed E-state index contributed by atoms with van der Waals surface area (Å²) in [5, 5.41) is 2.22. The molecule has 42 heavy (non-hydrogen) atoms. The van der Waals surface area contributed by atoms with Crippen LogP contribution in [0.15, 0.2) is 72.8 Å². The van der Waals surface area contributed by atoms with Crippen LogP contribution in [0, 0.1) is 6.92 Å². The van der Waals surface area contributed by atoms with E-state index >= 15 is 0 Å². The summed E-state index contributed by atoms with van der Waals surface area (Å²) in [6, 6.07) is 17.9. The van der Waals surface area contributed by atoms with Crippen molar-refractivity contribution < 1.29 is 31.2 Å². The van der Waals surface area contributed by atoms with Crippen molar-refractivity contribution in [2.75, 3.05) is 23.7 Å². The number of halogens is 4. The zero-order valence-corrected chi connectivity index (χ0v) is 25.1. The van der Waals surface area contributed by atoms with Gasteiger partial charge in [0.25, 0.3) is 0 Å². The third-order valence-corrected chi connectivity index (χ3v) is 7.95. The van der Waals surface area contributed by atoms with Crippen LogP contribution in [-0.4, -0.2) is 50.5 Å². The van der Waals surface area contributed by atoms with Gasteiger partial charge in [-0.1, -0.05) is 78.7 Å². The van der Waals surface area contributed by atoms with Crippen molar-refractivity contribution in [1.29, 1.82) is 0 Å². The molecule has 1 N–H and O–H groups in total. The largest absolute Gasteiger partial charge is 0.417 e. The molecule has 3 aromatic carbocycles. The molecular formula is C30H33ClF3N3O4S. The smallest absolute Gasteiger partial charge is 0.354 e. The van der Waals surface area contributed by atoms with Crippen LogP contribution < -0.4 is 9.62 Å². The number of anilines is 1. The number of alkyl halides is 3. The van der Waals surface area contributed by atoms with E-state index < -0.39 is 51.2 Å². The van der Waals surface area contributed by atoms with Gasteiger partial charge in [-0.2, -0.15) is 13.2 Å². The number of rotatable bonds is 12. The molecule has 3 rings (SSSR count). The lowest BCUT2D eigenvalue weighted by Crippen LogP contribution is -2.53. The number of nitrogens with one attached hydrogen (secondary N) is 1. The Kier molecular flexibility index (Phi) is 11.0.